The van der Waals surface area contributed by atoms with E-state index in [1.807, 2.05) is 6.07 Å². The summed E-state index contributed by atoms with van der Waals surface area (Å²) in [4.78, 5) is 18.5. The van der Waals surface area contributed by atoms with Crippen molar-refractivity contribution in [3.63, 3.8) is 0 Å². The standard InChI is InChI=1S/C13H18BrN3O/c1-10(17-7-2-3-8-17)9-16-13(18)12-11(14)5-4-6-15-12/h4-6,10H,2-3,7-9H2,1H3,(H,16,18). The van der Waals surface area contributed by atoms with Gasteiger partial charge >= 0.3 is 0 Å². The fourth-order valence-electron chi connectivity index (χ4n) is 2.19. The fourth-order valence-corrected chi connectivity index (χ4v) is 2.62. The van der Waals surface area contributed by atoms with E-state index in [0.717, 1.165) is 17.6 Å². The number of nitrogens with one attached hydrogen (secondary N) is 1. The molecule has 1 amide bonds. The predicted molar refractivity (Wildman–Crippen MR) is 74.5 cm³/mol. The lowest BCUT2D eigenvalue weighted by atomic mass is 10.2. The molecule has 4 nitrogen and oxygen atoms in total. The molecule has 98 valence electrons. The smallest absolute Gasteiger partial charge is 0.271 e. The van der Waals surface area contributed by atoms with E-state index >= 15 is 0 Å². The maximum absolute atomic E-state index is 12.0. The van der Waals surface area contributed by atoms with E-state index in [4.69, 9.17) is 0 Å². The fraction of sp³-hybridized carbons (Fsp3) is 0.538. The predicted octanol–water partition coefficient (Wildman–Crippen LogP) is 2.06. The van der Waals surface area contributed by atoms with E-state index in [2.05, 4.69) is 38.1 Å². The second-order valence-corrected chi connectivity index (χ2v) is 5.49. The Morgan fingerprint density at radius 2 is 2.28 bits per heavy atom. The molecule has 0 aromatic carbocycles. The highest BCUT2D eigenvalue weighted by molar-refractivity contribution is 9.10. The Morgan fingerprint density at radius 3 is 2.94 bits per heavy atom. The molecule has 1 aromatic heterocycles. The summed E-state index contributed by atoms with van der Waals surface area (Å²) in [5.74, 6) is -0.117. The highest BCUT2D eigenvalue weighted by Gasteiger charge is 2.19. The molecule has 18 heavy (non-hydrogen) atoms. The molecule has 0 spiro atoms. The first-order chi connectivity index (χ1) is 8.68. The number of nitrogens with zero attached hydrogens (tertiary/aromatic N) is 2. The summed E-state index contributed by atoms with van der Waals surface area (Å²) in [5.41, 5.74) is 0.450. The molecule has 1 atom stereocenters. The highest BCUT2D eigenvalue weighted by atomic mass is 79.9. The van der Waals surface area contributed by atoms with Gasteiger partial charge in [0.15, 0.2) is 0 Å². The zero-order valence-corrected chi connectivity index (χ0v) is 12.1. The first-order valence-electron chi connectivity index (χ1n) is 6.31. The monoisotopic (exact) mass is 311 g/mol. The van der Waals surface area contributed by atoms with E-state index in [-0.39, 0.29) is 5.91 Å². The highest BCUT2D eigenvalue weighted by Crippen LogP contribution is 2.13. The molecule has 1 aromatic rings. The van der Waals surface area contributed by atoms with Gasteiger partial charge < -0.3 is 5.32 Å². The van der Waals surface area contributed by atoms with Crippen LogP contribution in [0.25, 0.3) is 0 Å². The summed E-state index contributed by atoms with van der Waals surface area (Å²) >= 11 is 3.34. The SMILES string of the molecule is CC(CNC(=O)c1ncccc1Br)N1CCCC1. The summed E-state index contributed by atoms with van der Waals surface area (Å²) in [5, 5.41) is 2.94. The summed E-state index contributed by atoms with van der Waals surface area (Å²) in [7, 11) is 0. The Labute approximate surface area is 116 Å². The lowest BCUT2D eigenvalue weighted by molar-refractivity contribution is 0.0934. The Balaban J connectivity index is 1.86. The average Bonchev–Trinajstić information content (AvgIpc) is 2.90. The molecule has 1 N–H and O–H groups in total. The van der Waals surface area contributed by atoms with Crippen LogP contribution in [0.2, 0.25) is 0 Å². The molecule has 0 bridgehead atoms. The van der Waals surface area contributed by atoms with Crippen molar-refractivity contribution in [1.82, 2.24) is 15.2 Å². The molecule has 1 unspecified atom stereocenters. The third-order valence-corrected chi connectivity index (χ3v) is 3.94. The first-order valence-corrected chi connectivity index (χ1v) is 7.10. The van der Waals surface area contributed by atoms with Crippen molar-refractivity contribution in [2.75, 3.05) is 19.6 Å². The van der Waals surface area contributed by atoms with Crippen molar-refractivity contribution in [2.45, 2.75) is 25.8 Å². The second kappa shape index (κ2) is 6.29. The van der Waals surface area contributed by atoms with E-state index in [1.165, 1.54) is 12.8 Å². The van der Waals surface area contributed by atoms with Crippen LogP contribution >= 0.6 is 15.9 Å². The molecule has 1 aliphatic heterocycles. The van der Waals surface area contributed by atoms with Gasteiger partial charge in [-0.15, -0.1) is 0 Å². The van der Waals surface area contributed by atoms with Crippen LogP contribution in [0.3, 0.4) is 0 Å². The van der Waals surface area contributed by atoms with Crippen LogP contribution in [0.5, 0.6) is 0 Å². The van der Waals surface area contributed by atoms with E-state index in [0.29, 0.717) is 18.3 Å². The molecule has 0 saturated carbocycles. The van der Waals surface area contributed by atoms with Crippen LogP contribution in [-0.4, -0.2) is 41.5 Å². The molecule has 2 rings (SSSR count). The van der Waals surface area contributed by atoms with Gasteiger partial charge in [-0.3, -0.25) is 9.69 Å². The van der Waals surface area contributed by atoms with Crippen LogP contribution in [0.4, 0.5) is 0 Å². The van der Waals surface area contributed by atoms with Crippen molar-refractivity contribution in [3.05, 3.63) is 28.5 Å². The van der Waals surface area contributed by atoms with Crippen LogP contribution < -0.4 is 5.32 Å². The zero-order valence-electron chi connectivity index (χ0n) is 10.5. The molecule has 0 radical (unpaired) electrons. The Hall–Kier alpha value is -0.940. The Bertz CT molecular complexity index is 418. The van der Waals surface area contributed by atoms with Crippen LogP contribution in [0, 0.1) is 0 Å². The van der Waals surface area contributed by atoms with Crippen molar-refractivity contribution >= 4 is 21.8 Å². The lowest BCUT2D eigenvalue weighted by Crippen LogP contribution is -2.40. The van der Waals surface area contributed by atoms with Crippen molar-refractivity contribution in [1.29, 1.82) is 0 Å². The van der Waals surface area contributed by atoms with Gasteiger partial charge in [0, 0.05) is 23.3 Å². The lowest BCUT2D eigenvalue weighted by Gasteiger charge is -2.23. The van der Waals surface area contributed by atoms with Crippen molar-refractivity contribution in [2.24, 2.45) is 0 Å². The molecule has 2 heterocycles. The van der Waals surface area contributed by atoms with Gasteiger partial charge in [0.2, 0.25) is 0 Å². The van der Waals surface area contributed by atoms with Gasteiger partial charge in [0.05, 0.1) is 0 Å². The molecule has 1 fully saturated rings. The third-order valence-electron chi connectivity index (χ3n) is 3.30. The van der Waals surface area contributed by atoms with Gasteiger partial charge in [-0.25, -0.2) is 4.98 Å². The minimum absolute atomic E-state index is 0.117. The quantitative estimate of drug-likeness (QED) is 0.925. The molecular formula is C13H18BrN3O. The van der Waals surface area contributed by atoms with Gasteiger partial charge in [-0.2, -0.15) is 0 Å². The number of carbonyl (C=O) groups is 1. The second-order valence-electron chi connectivity index (χ2n) is 4.64. The normalized spacial score (nSPS) is 17.7. The number of likely N-dealkylation sites (tertiary alicyclic amines) is 1. The van der Waals surface area contributed by atoms with Gasteiger partial charge in [0.25, 0.3) is 5.91 Å². The molecule has 1 aliphatic rings. The van der Waals surface area contributed by atoms with E-state index in [9.17, 15) is 4.79 Å². The Morgan fingerprint density at radius 1 is 1.56 bits per heavy atom. The Kier molecular flexibility index (Phi) is 4.72. The maximum Gasteiger partial charge on any atom is 0.271 e. The number of carbonyl (C=O) groups excluding carboxylic acids is 1. The van der Waals surface area contributed by atoms with E-state index < -0.39 is 0 Å². The van der Waals surface area contributed by atoms with Gasteiger partial charge in [0.1, 0.15) is 5.69 Å². The summed E-state index contributed by atoms with van der Waals surface area (Å²) < 4.78 is 0.733. The van der Waals surface area contributed by atoms with Gasteiger partial charge in [-0.05, 0) is 60.9 Å². The molecule has 0 aliphatic carbocycles. The molecular weight excluding hydrogens is 294 g/mol. The largest absolute Gasteiger partial charge is 0.349 e. The number of hydrogen-bond donors (Lipinski definition) is 1. The van der Waals surface area contributed by atoms with Crippen LogP contribution in [-0.2, 0) is 0 Å². The van der Waals surface area contributed by atoms with E-state index in [1.54, 1.807) is 12.3 Å². The summed E-state index contributed by atoms with van der Waals surface area (Å²) in [6.07, 6.45) is 4.16. The maximum atomic E-state index is 12.0. The topological polar surface area (TPSA) is 45.2 Å². The third kappa shape index (κ3) is 3.29. The number of rotatable bonds is 4. The van der Waals surface area contributed by atoms with Crippen LogP contribution in [0.1, 0.15) is 30.3 Å². The molecule has 5 heteroatoms. The summed E-state index contributed by atoms with van der Waals surface area (Å²) in [6, 6.07) is 4.01. The zero-order chi connectivity index (χ0) is 13.0. The number of aromatic nitrogens is 1. The van der Waals surface area contributed by atoms with Gasteiger partial charge in [-0.1, -0.05) is 0 Å². The first kappa shape index (κ1) is 13.5. The minimum atomic E-state index is -0.117. The number of hydrogen-bond acceptors (Lipinski definition) is 3. The molecule has 1 saturated heterocycles. The minimum Gasteiger partial charge on any atom is -0.349 e. The summed E-state index contributed by atoms with van der Waals surface area (Å²) in [6.45, 7) is 5.11. The number of pyridine rings is 1. The van der Waals surface area contributed by atoms with Crippen molar-refractivity contribution < 1.29 is 4.79 Å². The van der Waals surface area contributed by atoms with Crippen LogP contribution in [0.15, 0.2) is 22.8 Å². The van der Waals surface area contributed by atoms with Crippen molar-refractivity contribution in [3.8, 4) is 0 Å². The average molecular weight is 312 g/mol. The number of halogens is 1. The number of amides is 1.